The second-order valence-corrected chi connectivity index (χ2v) is 6.53. The van der Waals surface area contributed by atoms with Gasteiger partial charge in [0.05, 0.1) is 11.4 Å². The quantitative estimate of drug-likeness (QED) is 0.882. The number of aromatic nitrogens is 2. The van der Waals surface area contributed by atoms with Gasteiger partial charge < -0.3 is 11.1 Å². The van der Waals surface area contributed by atoms with Crippen molar-refractivity contribution in [1.29, 1.82) is 0 Å². The molecule has 0 bridgehead atoms. The molecule has 0 saturated heterocycles. The lowest BCUT2D eigenvalue weighted by Gasteiger charge is -2.21. The van der Waals surface area contributed by atoms with Crippen molar-refractivity contribution >= 4 is 11.6 Å². The van der Waals surface area contributed by atoms with Crippen LogP contribution in [0.3, 0.4) is 0 Å². The number of hydrogen-bond donors (Lipinski definition) is 2. The zero-order chi connectivity index (χ0) is 17.2. The zero-order valence-electron chi connectivity index (χ0n) is 14.1. The van der Waals surface area contributed by atoms with Crippen molar-refractivity contribution in [2.45, 2.75) is 27.2 Å². The van der Waals surface area contributed by atoms with Crippen LogP contribution in [0.2, 0.25) is 0 Å². The van der Waals surface area contributed by atoms with E-state index in [2.05, 4.69) is 5.32 Å². The maximum absolute atomic E-state index is 12.7. The van der Waals surface area contributed by atoms with Gasteiger partial charge in [0.15, 0.2) is 0 Å². The van der Waals surface area contributed by atoms with Crippen LogP contribution in [0.5, 0.6) is 0 Å². The zero-order valence-corrected chi connectivity index (χ0v) is 14.1. The monoisotopic (exact) mass is 316 g/mol. The number of hydrogen-bond acceptors (Lipinski definition) is 3. The Morgan fingerprint density at radius 3 is 2.43 bits per heavy atom. The van der Waals surface area contributed by atoms with Gasteiger partial charge in [-0.2, -0.15) is 0 Å². The Labute approximate surface area is 135 Å². The third-order valence-corrected chi connectivity index (χ3v) is 4.01. The summed E-state index contributed by atoms with van der Waals surface area (Å²) in [5.41, 5.74) is 6.90. The normalized spacial score (nSPS) is 11.5. The van der Waals surface area contributed by atoms with E-state index in [1.807, 2.05) is 51.1 Å². The van der Waals surface area contributed by atoms with E-state index in [0.29, 0.717) is 17.9 Å². The molecule has 0 unspecified atom stereocenters. The highest BCUT2D eigenvalue weighted by atomic mass is 16.2. The number of benzene rings is 1. The number of nitrogens with one attached hydrogen (secondary N) is 1. The summed E-state index contributed by atoms with van der Waals surface area (Å²) < 4.78 is 3.28. The summed E-state index contributed by atoms with van der Waals surface area (Å²) in [5.74, 6) is -0.202. The molecule has 0 aliphatic heterocycles. The minimum absolute atomic E-state index is 0.202. The molecule has 6 nitrogen and oxygen atoms in total. The highest BCUT2D eigenvalue weighted by Gasteiger charge is 2.23. The van der Waals surface area contributed by atoms with E-state index in [1.165, 1.54) is 0 Å². The van der Waals surface area contributed by atoms with Crippen LogP contribution in [0, 0.1) is 12.3 Å². The highest BCUT2D eigenvalue weighted by Crippen LogP contribution is 2.20. The van der Waals surface area contributed by atoms with Gasteiger partial charge in [-0.05, 0) is 31.0 Å². The number of nitrogens with two attached hydrogens (primary N) is 1. The molecule has 1 amide bonds. The van der Waals surface area contributed by atoms with Crippen molar-refractivity contribution in [2.24, 2.45) is 18.2 Å². The van der Waals surface area contributed by atoms with Gasteiger partial charge in [-0.3, -0.25) is 14.3 Å². The van der Waals surface area contributed by atoms with E-state index < -0.39 is 0 Å². The first kappa shape index (κ1) is 17.0. The minimum atomic E-state index is -0.300. The van der Waals surface area contributed by atoms with Gasteiger partial charge in [0.1, 0.15) is 5.69 Å². The number of nitrogens with zero attached hydrogens (tertiary/aromatic N) is 2. The average molecular weight is 316 g/mol. The third-order valence-electron chi connectivity index (χ3n) is 4.01. The molecule has 0 atom stereocenters. The lowest BCUT2D eigenvalue weighted by molar-refractivity contribution is -0.117. The largest absolute Gasteiger partial charge is 0.330 e. The lowest BCUT2D eigenvalue weighted by atomic mass is 9.89. The van der Waals surface area contributed by atoms with Crippen molar-refractivity contribution in [3.8, 4) is 5.69 Å². The molecule has 2 aromatic rings. The lowest BCUT2D eigenvalue weighted by Crippen LogP contribution is -2.30. The van der Waals surface area contributed by atoms with E-state index in [9.17, 15) is 9.59 Å². The van der Waals surface area contributed by atoms with Crippen molar-refractivity contribution in [3.63, 3.8) is 0 Å². The van der Waals surface area contributed by atoms with Gasteiger partial charge in [-0.15, -0.1) is 0 Å². The van der Waals surface area contributed by atoms with Crippen LogP contribution in [-0.4, -0.2) is 21.8 Å². The smallest absolute Gasteiger partial charge is 0.295 e. The summed E-state index contributed by atoms with van der Waals surface area (Å²) in [5, 5.41) is 2.75. The fourth-order valence-electron chi connectivity index (χ4n) is 2.40. The molecule has 0 radical (unpaired) electrons. The molecule has 0 aliphatic carbocycles. The Bertz CT molecular complexity index is 757. The molecule has 0 fully saturated rings. The van der Waals surface area contributed by atoms with Crippen LogP contribution < -0.4 is 16.6 Å². The Morgan fingerprint density at radius 2 is 1.87 bits per heavy atom. The fourth-order valence-corrected chi connectivity index (χ4v) is 2.40. The van der Waals surface area contributed by atoms with Gasteiger partial charge in [0.25, 0.3) is 5.56 Å². The molecule has 1 heterocycles. The number of carbonyl (C=O) groups excluding carboxylic acids is 1. The van der Waals surface area contributed by atoms with Crippen LogP contribution in [0.4, 0.5) is 5.69 Å². The molecule has 1 aromatic heterocycles. The Morgan fingerprint density at radius 1 is 1.26 bits per heavy atom. The van der Waals surface area contributed by atoms with Crippen LogP contribution in [0.25, 0.3) is 5.69 Å². The van der Waals surface area contributed by atoms with Crippen molar-refractivity contribution in [2.75, 3.05) is 11.9 Å². The summed E-state index contributed by atoms with van der Waals surface area (Å²) in [4.78, 5) is 24.9. The molecular weight excluding hydrogens is 292 g/mol. The molecule has 6 heteroatoms. The molecular formula is C17H24N4O2. The summed E-state index contributed by atoms with van der Waals surface area (Å²) in [7, 11) is 1.79. The standard InChI is InChI=1S/C17H24N4O2/c1-12-15(19-14(22)10-17(2,3)11-18)16(23)21(20(12)4)13-8-6-5-7-9-13/h5-9H,10-11,18H2,1-4H3,(H,19,22). The molecule has 1 aromatic carbocycles. The maximum atomic E-state index is 12.7. The number of rotatable bonds is 5. The summed E-state index contributed by atoms with van der Waals surface area (Å²) in [6.45, 7) is 6.06. The fraction of sp³-hybridized carbons (Fsp3) is 0.412. The molecule has 2 rings (SSSR count). The average Bonchev–Trinajstić information content (AvgIpc) is 2.71. The van der Waals surface area contributed by atoms with Gasteiger partial charge in [-0.25, -0.2) is 4.68 Å². The van der Waals surface area contributed by atoms with E-state index >= 15 is 0 Å². The first-order valence-electron chi connectivity index (χ1n) is 7.61. The van der Waals surface area contributed by atoms with Gasteiger partial charge >= 0.3 is 0 Å². The molecule has 0 aliphatic rings. The number of amides is 1. The molecule has 0 saturated carbocycles. The third kappa shape index (κ3) is 3.53. The Kier molecular flexibility index (Phi) is 4.75. The van der Waals surface area contributed by atoms with E-state index in [1.54, 1.807) is 16.4 Å². The minimum Gasteiger partial charge on any atom is -0.330 e. The second-order valence-electron chi connectivity index (χ2n) is 6.53. The summed E-state index contributed by atoms with van der Waals surface area (Å²) in [6.07, 6.45) is 0.266. The molecule has 124 valence electrons. The Balaban J connectivity index is 2.35. The van der Waals surface area contributed by atoms with Crippen molar-refractivity contribution in [3.05, 3.63) is 46.4 Å². The van der Waals surface area contributed by atoms with Crippen LogP contribution >= 0.6 is 0 Å². The SMILES string of the molecule is Cc1c(NC(=O)CC(C)(C)CN)c(=O)n(-c2ccccc2)n1C. The summed E-state index contributed by atoms with van der Waals surface area (Å²) >= 11 is 0. The molecule has 23 heavy (non-hydrogen) atoms. The van der Waals surface area contributed by atoms with Crippen molar-refractivity contribution in [1.82, 2.24) is 9.36 Å². The second kappa shape index (κ2) is 6.42. The van der Waals surface area contributed by atoms with E-state index in [4.69, 9.17) is 5.73 Å². The molecule has 0 spiro atoms. The first-order valence-corrected chi connectivity index (χ1v) is 7.61. The topological polar surface area (TPSA) is 82.1 Å². The van der Waals surface area contributed by atoms with Gasteiger partial charge in [0, 0.05) is 13.5 Å². The Hall–Kier alpha value is -2.34. The maximum Gasteiger partial charge on any atom is 0.295 e. The van der Waals surface area contributed by atoms with Gasteiger partial charge in [0.2, 0.25) is 5.91 Å². The summed E-state index contributed by atoms with van der Waals surface area (Å²) in [6, 6.07) is 9.33. The van der Waals surface area contributed by atoms with Crippen molar-refractivity contribution < 1.29 is 4.79 Å². The van der Waals surface area contributed by atoms with Crippen LogP contribution in [0.15, 0.2) is 35.1 Å². The van der Waals surface area contributed by atoms with Crippen LogP contribution in [0.1, 0.15) is 26.0 Å². The molecule has 3 N–H and O–H groups in total. The van der Waals surface area contributed by atoms with E-state index in [-0.39, 0.29) is 23.3 Å². The first-order chi connectivity index (χ1) is 10.8. The number of para-hydroxylation sites is 1. The van der Waals surface area contributed by atoms with Gasteiger partial charge in [-0.1, -0.05) is 32.0 Å². The number of carbonyl (C=O) groups is 1. The predicted molar refractivity (Wildman–Crippen MR) is 91.8 cm³/mol. The predicted octanol–water partition coefficient (Wildman–Crippen LogP) is 1.80. The number of anilines is 1. The highest BCUT2D eigenvalue weighted by molar-refractivity contribution is 5.91. The van der Waals surface area contributed by atoms with E-state index in [0.717, 1.165) is 5.69 Å². The van der Waals surface area contributed by atoms with Crippen LogP contribution in [-0.2, 0) is 11.8 Å².